The minimum absolute atomic E-state index is 0.114. The number of piperidine rings is 1. The molecule has 90 valence electrons. The predicted octanol–water partition coefficient (Wildman–Crippen LogP) is 3.40. The van der Waals surface area contributed by atoms with Crippen molar-refractivity contribution in [3.8, 4) is 12.8 Å². The van der Waals surface area contributed by atoms with Crippen LogP contribution in [0.4, 0.5) is 4.39 Å². The molecular formula is C14H22FN. The van der Waals surface area contributed by atoms with Gasteiger partial charge in [0.25, 0.3) is 0 Å². The average Bonchev–Trinajstić information content (AvgIpc) is 2.29. The van der Waals surface area contributed by atoms with Gasteiger partial charge in [0.1, 0.15) is 0 Å². The van der Waals surface area contributed by atoms with Gasteiger partial charge in [-0.3, -0.25) is 0 Å². The van der Waals surface area contributed by atoms with Crippen LogP contribution < -0.4 is 0 Å². The summed E-state index contributed by atoms with van der Waals surface area (Å²) in [7, 11) is 2.15. The van der Waals surface area contributed by atoms with E-state index in [0.29, 0.717) is 5.92 Å². The molecule has 0 N–H and O–H groups in total. The molecule has 1 nitrogen and oxygen atoms in total. The Morgan fingerprint density at radius 1 is 1.19 bits per heavy atom. The largest absolute Gasteiger partial charge is 0.306 e. The van der Waals surface area contributed by atoms with Gasteiger partial charge in [-0.2, -0.15) is 0 Å². The standard InChI is InChI=1S/C12H20FN.C2H2/c1-10(4-5-11(2)13)12-6-8-14(3)9-7-12;1-2/h4-5,12H,6-9H2,1-3H3;1-2H/b10-4+,11-5+;. The maximum atomic E-state index is 12.5. The average molecular weight is 223 g/mol. The van der Waals surface area contributed by atoms with Crippen LogP contribution in [-0.2, 0) is 0 Å². The number of terminal acetylenes is 1. The van der Waals surface area contributed by atoms with Crippen molar-refractivity contribution in [2.45, 2.75) is 26.7 Å². The fourth-order valence-corrected chi connectivity index (χ4v) is 1.85. The van der Waals surface area contributed by atoms with Crippen molar-refractivity contribution in [1.29, 1.82) is 0 Å². The van der Waals surface area contributed by atoms with Gasteiger partial charge in [0.05, 0.1) is 5.83 Å². The molecular weight excluding hydrogens is 201 g/mol. The lowest BCUT2D eigenvalue weighted by atomic mass is 9.90. The first-order valence-corrected chi connectivity index (χ1v) is 5.62. The smallest absolute Gasteiger partial charge is 0.0968 e. The van der Waals surface area contributed by atoms with Crippen LogP contribution >= 0.6 is 0 Å². The molecule has 1 saturated heterocycles. The number of likely N-dealkylation sites (tertiary alicyclic amines) is 1. The Kier molecular flexibility index (Phi) is 7.58. The summed E-state index contributed by atoms with van der Waals surface area (Å²) in [5.74, 6) is 0.541. The van der Waals surface area contributed by atoms with Crippen molar-refractivity contribution in [2.24, 2.45) is 5.92 Å². The van der Waals surface area contributed by atoms with Crippen LogP contribution in [0.3, 0.4) is 0 Å². The van der Waals surface area contributed by atoms with Crippen LogP contribution in [0.25, 0.3) is 0 Å². The first kappa shape index (κ1) is 14.9. The normalized spacial score (nSPS) is 20.1. The molecule has 0 amide bonds. The monoisotopic (exact) mass is 223 g/mol. The van der Waals surface area contributed by atoms with E-state index in [1.165, 1.54) is 25.3 Å². The first-order chi connectivity index (χ1) is 7.59. The second-order valence-corrected chi connectivity index (χ2v) is 4.24. The van der Waals surface area contributed by atoms with E-state index in [2.05, 4.69) is 31.7 Å². The van der Waals surface area contributed by atoms with Crippen molar-refractivity contribution >= 4 is 0 Å². The zero-order valence-corrected chi connectivity index (χ0v) is 10.5. The fraction of sp³-hybridized carbons (Fsp3) is 0.571. The summed E-state index contributed by atoms with van der Waals surface area (Å²) in [4.78, 5) is 2.35. The summed E-state index contributed by atoms with van der Waals surface area (Å²) in [6.45, 7) is 5.91. The van der Waals surface area contributed by atoms with E-state index < -0.39 is 0 Å². The Balaban J connectivity index is 0.00000106. The topological polar surface area (TPSA) is 3.24 Å². The molecule has 0 aromatic heterocycles. The molecule has 1 aliphatic heterocycles. The zero-order chi connectivity index (χ0) is 12.6. The van der Waals surface area contributed by atoms with Crippen LogP contribution in [0.1, 0.15) is 26.7 Å². The second kappa shape index (κ2) is 8.13. The van der Waals surface area contributed by atoms with Gasteiger partial charge in [-0.25, -0.2) is 4.39 Å². The van der Waals surface area contributed by atoms with Gasteiger partial charge in [0, 0.05) is 0 Å². The highest BCUT2D eigenvalue weighted by atomic mass is 19.1. The minimum Gasteiger partial charge on any atom is -0.306 e. The van der Waals surface area contributed by atoms with Gasteiger partial charge in [-0.1, -0.05) is 11.6 Å². The van der Waals surface area contributed by atoms with E-state index in [1.807, 2.05) is 6.08 Å². The molecule has 0 radical (unpaired) electrons. The van der Waals surface area contributed by atoms with Gasteiger partial charge < -0.3 is 4.90 Å². The molecule has 0 aromatic rings. The lowest BCUT2D eigenvalue weighted by molar-refractivity contribution is 0.238. The summed E-state index contributed by atoms with van der Waals surface area (Å²) in [5.41, 5.74) is 1.31. The van der Waals surface area contributed by atoms with Crippen molar-refractivity contribution in [3.63, 3.8) is 0 Å². The van der Waals surface area contributed by atoms with Gasteiger partial charge in [0.2, 0.25) is 0 Å². The number of allylic oxidation sites excluding steroid dienone is 4. The third-order valence-corrected chi connectivity index (χ3v) is 2.94. The second-order valence-electron chi connectivity index (χ2n) is 4.24. The molecule has 1 fully saturated rings. The summed E-state index contributed by atoms with van der Waals surface area (Å²) in [5, 5.41) is 0. The van der Waals surface area contributed by atoms with E-state index in [1.54, 1.807) is 6.08 Å². The SMILES string of the molecule is C#C.C/C(F)=C\C=C(/C)C1CCN(C)CC1. The highest BCUT2D eigenvalue weighted by Gasteiger charge is 2.17. The van der Waals surface area contributed by atoms with E-state index in [-0.39, 0.29) is 5.83 Å². The van der Waals surface area contributed by atoms with Crippen LogP contribution in [0.5, 0.6) is 0 Å². The molecule has 16 heavy (non-hydrogen) atoms. The molecule has 0 atom stereocenters. The maximum Gasteiger partial charge on any atom is 0.0968 e. The predicted molar refractivity (Wildman–Crippen MR) is 68.7 cm³/mol. The third kappa shape index (κ3) is 5.72. The van der Waals surface area contributed by atoms with Gasteiger partial charge in [0.15, 0.2) is 0 Å². The minimum atomic E-state index is -0.114. The number of hydrogen-bond donors (Lipinski definition) is 0. The Morgan fingerprint density at radius 3 is 2.12 bits per heavy atom. The molecule has 0 unspecified atom stereocenters. The van der Waals surface area contributed by atoms with Crippen molar-refractivity contribution in [2.75, 3.05) is 20.1 Å². The third-order valence-electron chi connectivity index (χ3n) is 2.94. The molecule has 0 aromatic carbocycles. The molecule has 2 heteroatoms. The summed E-state index contributed by atoms with van der Waals surface area (Å²) >= 11 is 0. The number of halogens is 1. The summed E-state index contributed by atoms with van der Waals surface area (Å²) in [6.07, 6.45) is 13.9. The Hall–Kier alpha value is -1.07. The van der Waals surface area contributed by atoms with Gasteiger partial charge in [-0.15, -0.1) is 12.8 Å². The highest BCUT2D eigenvalue weighted by molar-refractivity contribution is 5.15. The Labute approximate surface area is 99.0 Å². The van der Waals surface area contributed by atoms with E-state index in [9.17, 15) is 4.39 Å². The summed E-state index contributed by atoms with van der Waals surface area (Å²) in [6, 6.07) is 0. The Bertz CT molecular complexity index is 264. The van der Waals surface area contributed by atoms with Crippen molar-refractivity contribution in [1.82, 2.24) is 4.90 Å². The first-order valence-electron chi connectivity index (χ1n) is 5.62. The molecule has 0 spiro atoms. The molecule has 1 heterocycles. The van der Waals surface area contributed by atoms with Crippen LogP contribution in [-0.4, -0.2) is 25.0 Å². The van der Waals surface area contributed by atoms with Crippen molar-refractivity contribution in [3.05, 3.63) is 23.6 Å². The van der Waals surface area contributed by atoms with Crippen LogP contribution in [0.2, 0.25) is 0 Å². The van der Waals surface area contributed by atoms with Gasteiger partial charge in [-0.05, 0) is 58.8 Å². The summed E-state index contributed by atoms with van der Waals surface area (Å²) < 4.78 is 12.5. The molecule has 1 aliphatic rings. The Morgan fingerprint density at radius 2 is 1.69 bits per heavy atom. The lowest BCUT2D eigenvalue weighted by Crippen LogP contribution is -2.30. The van der Waals surface area contributed by atoms with Crippen LogP contribution in [0, 0.1) is 18.8 Å². The van der Waals surface area contributed by atoms with Crippen LogP contribution in [0.15, 0.2) is 23.6 Å². The number of rotatable bonds is 2. The number of hydrogen-bond acceptors (Lipinski definition) is 1. The van der Waals surface area contributed by atoms with E-state index in [4.69, 9.17) is 0 Å². The quantitative estimate of drug-likeness (QED) is 0.512. The van der Waals surface area contributed by atoms with E-state index >= 15 is 0 Å². The maximum absolute atomic E-state index is 12.5. The van der Waals surface area contributed by atoms with Crippen molar-refractivity contribution < 1.29 is 4.39 Å². The molecule has 0 aliphatic carbocycles. The highest BCUT2D eigenvalue weighted by Crippen LogP contribution is 2.23. The van der Waals surface area contributed by atoms with E-state index in [0.717, 1.165) is 13.1 Å². The number of nitrogens with zero attached hydrogens (tertiary/aromatic N) is 1. The molecule has 0 saturated carbocycles. The fourth-order valence-electron chi connectivity index (χ4n) is 1.85. The molecule has 1 rings (SSSR count). The molecule has 0 bridgehead atoms. The van der Waals surface area contributed by atoms with Gasteiger partial charge >= 0.3 is 0 Å². The lowest BCUT2D eigenvalue weighted by Gasteiger charge is -2.29. The zero-order valence-electron chi connectivity index (χ0n) is 10.5.